The number of halogens is 2. The molecule has 0 saturated heterocycles. The zero-order valence-corrected chi connectivity index (χ0v) is 9.60. The van der Waals surface area contributed by atoms with Crippen LogP contribution in [0.15, 0.2) is 6.33 Å². The normalized spacial score (nSPS) is 12.8. The second-order valence-electron chi connectivity index (χ2n) is 2.28. The molecule has 1 atom stereocenters. The topological polar surface area (TPSA) is 73.8 Å². The number of rotatable bonds is 4. The van der Waals surface area contributed by atoms with E-state index in [4.69, 9.17) is 0 Å². The van der Waals surface area contributed by atoms with E-state index in [9.17, 15) is 10.1 Å². The quantitative estimate of drug-likeness (QED) is 0.478. The first-order valence-electron chi connectivity index (χ1n) is 3.37. The first-order valence-corrected chi connectivity index (χ1v) is 5.41. The van der Waals surface area contributed by atoms with Crippen LogP contribution in [0.4, 0.5) is 5.95 Å². The maximum absolute atomic E-state index is 10.2. The zero-order valence-electron chi connectivity index (χ0n) is 6.43. The Morgan fingerprint density at radius 3 is 2.92 bits per heavy atom. The van der Waals surface area contributed by atoms with Gasteiger partial charge < -0.3 is 10.1 Å². The maximum atomic E-state index is 10.2. The minimum Gasteiger partial charge on any atom is -0.390 e. The van der Waals surface area contributed by atoms with Gasteiger partial charge in [-0.2, -0.15) is 4.68 Å². The Labute approximate surface area is 90.7 Å². The minimum absolute atomic E-state index is 0.189. The third-order valence-corrected chi connectivity index (χ3v) is 3.50. The lowest BCUT2D eigenvalue weighted by molar-refractivity contribution is -0.394. The van der Waals surface area contributed by atoms with Crippen LogP contribution in [0.1, 0.15) is 0 Å². The van der Waals surface area contributed by atoms with Gasteiger partial charge in [0.2, 0.25) is 6.33 Å². The van der Waals surface area contributed by atoms with E-state index in [2.05, 4.69) is 41.9 Å². The average molecular weight is 314 g/mol. The Balaban J connectivity index is 2.64. The van der Waals surface area contributed by atoms with Gasteiger partial charge in [-0.25, -0.2) is 0 Å². The van der Waals surface area contributed by atoms with Crippen LogP contribution in [0.3, 0.4) is 0 Å². The molecule has 8 heteroatoms. The molecule has 6 nitrogen and oxygen atoms in total. The first-order chi connectivity index (χ1) is 6.13. The van der Waals surface area contributed by atoms with E-state index in [-0.39, 0.29) is 10.8 Å². The highest BCUT2D eigenvalue weighted by atomic mass is 79.9. The molecule has 0 saturated carbocycles. The van der Waals surface area contributed by atoms with Gasteiger partial charge in [-0.05, 0) is 4.92 Å². The summed E-state index contributed by atoms with van der Waals surface area (Å²) in [6.07, 6.45) is 1.34. The molecule has 1 rings (SSSR count). The summed E-state index contributed by atoms with van der Waals surface area (Å²) >= 11 is 6.62. The fourth-order valence-corrected chi connectivity index (χ4v) is 1.21. The van der Waals surface area contributed by atoms with Crippen molar-refractivity contribution in [1.82, 2.24) is 14.8 Å². The van der Waals surface area contributed by atoms with Gasteiger partial charge in [0.15, 0.2) is 0 Å². The molecule has 0 aliphatic rings. The summed E-state index contributed by atoms with van der Waals surface area (Å²) in [5, 5.41) is 14.6. The van der Waals surface area contributed by atoms with E-state index in [0.29, 0.717) is 6.54 Å². The van der Waals surface area contributed by atoms with Crippen molar-refractivity contribution in [2.75, 3.05) is 5.33 Å². The highest BCUT2D eigenvalue weighted by molar-refractivity contribution is 9.12. The molecule has 1 aromatic heterocycles. The molecule has 0 radical (unpaired) electrons. The van der Waals surface area contributed by atoms with Crippen molar-refractivity contribution in [3.05, 3.63) is 16.4 Å². The predicted molar refractivity (Wildman–Crippen MR) is 53.2 cm³/mol. The van der Waals surface area contributed by atoms with Crippen LogP contribution in [-0.2, 0) is 6.54 Å². The molecule has 0 bridgehead atoms. The summed E-state index contributed by atoms with van der Waals surface area (Å²) in [4.78, 5) is 13.3. The average Bonchev–Trinajstić information content (AvgIpc) is 2.52. The Morgan fingerprint density at radius 2 is 2.46 bits per heavy atom. The van der Waals surface area contributed by atoms with Crippen LogP contribution >= 0.6 is 31.9 Å². The second-order valence-corrected chi connectivity index (χ2v) is 4.22. The first kappa shape index (κ1) is 10.6. The van der Waals surface area contributed by atoms with Crippen LogP contribution in [0.2, 0.25) is 0 Å². The van der Waals surface area contributed by atoms with Crippen molar-refractivity contribution < 1.29 is 4.92 Å². The standard InChI is InChI=1S/C5H6Br2N4O2/c6-1-4(7)2-10-3-8-5(9-10)11(12)13/h3-4H,1-2H2. The number of alkyl halides is 2. The minimum atomic E-state index is -0.617. The number of aromatic nitrogens is 3. The molecule has 0 N–H and O–H groups in total. The van der Waals surface area contributed by atoms with E-state index >= 15 is 0 Å². The fraction of sp³-hybridized carbons (Fsp3) is 0.600. The molecule has 0 amide bonds. The van der Waals surface area contributed by atoms with E-state index < -0.39 is 4.92 Å². The van der Waals surface area contributed by atoms with Crippen LogP contribution in [0.25, 0.3) is 0 Å². The summed E-state index contributed by atoms with van der Waals surface area (Å²) in [5.41, 5.74) is 0. The Morgan fingerprint density at radius 1 is 1.77 bits per heavy atom. The van der Waals surface area contributed by atoms with Gasteiger partial charge in [-0.15, -0.1) is 0 Å². The number of nitrogens with zero attached hydrogens (tertiary/aromatic N) is 4. The molecule has 0 aliphatic heterocycles. The van der Waals surface area contributed by atoms with Crippen LogP contribution < -0.4 is 0 Å². The molecule has 1 heterocycles. The van der Waals surface area contributed by atoms with Gasteiger partial charge in [0, 0.05) is 15.3 Å². The number of hydrogen-bond donors (Lipinski definition) is 0. The highest BCUT2D eigenvalue weighted by Crippen LogP contribution is 2.07. The third kappa shape index (κ3) is 3.03. The van der Waals surface area contributed by atoms with E-state index in [1.807, 2.05) is 0 Å². The molecule has 0 aliphatic carbocycles. The SMILES string of the molecule is O=[N+]([O-])c1ncn(CC(Br)CBr)n1. The summed E-state index contributed by atoms with van der Waals surface area (Å²) in [5.74, 6) is -0.366. The Bertz CT molecular complexity index is 302. The van der Waals surface area contributed by atoms with Gasteiger partial charge in [0.1, 0.15) is 0 Å². The predicted octanol–water partition coefficient (Wildman–Crippen LogP) is 1.34. The summed E-state index contributed by atoms with van der Waals surface area (Å²) < 4.78 is 1.43. The van der Waals surface area contributed by atoms with Crippen LogP contribution in [0.5, 0.6) is 0 Å². The van der Waals surface area contributed by atoms with Crippen molar-refractivity contribution in [2.24, 2.45) is 0 Å². The van der Waals surface area contributed by atoms with Gasteiger partial charge in [0.05, 0.1) is 6.54 Å². The van der Waals surface area contributed by atoms with Crippen molar-refractivity contribution in [2.45, 2.75) is 11.4 Å². The largest absolute Gasteiger partial charge is 0.490 e. The fourth-order valence-electron chi connectivity index (χ4n) is 0.708. The molecule has 1 aromatic rings. The molecule has 0 fully saturated rings. The van der Waals surface area contributed by atoms with Crippen LogP contribution in [-0.4, -0.2) is 29.8 Å². The monoisotopic (exact) mass is 312 g/mol. The molecule has 0 aromatic carbocycles. The molecular formula is C5H6Br2N4O2. The van der Waals surface area contributed by atoms with Gasteiger partial charge in [-0.3, -0.25) is 0 Å². The van der Waals surface area contributed by atoms with Crippen molar-refractivity contribution in [1.29, 1.82) is 0 Å². The van der Waals surface area contributed by atoms with Gasteiger partial charge >= 0.3 is 5.95 Å². The van der Waals surface area contributed by atoms with Gasteiger partial charge in [0.25, 0.3) is 0 Å². The Kier molecular flexibility index (Phi) is 3.79. The van der Waals surface area contributed by atoms with Crippen LogP contribution in [0, 0.1) is 10.1 Å². The second kappa shape index (κ2) is 4.66. The highest BCUT2D eigenvalue weighted by Gasteiger charge is 2.14. The van der Waals surface area contributed by atoms with Gasteiger partial charge in [-0.1, -0.05) is 36.8 Å². The number of nitro groups is 1. The lowest BCUT2D eigenvalue weighted by atomic mass is 10.5. The van der Waals surface area contributed by atoms with Crippen molar-refractivity contribution in [3.63, 3.8) is 0 Å². The van der Waals surface area contributed by atoms with E-state index in [1.165, 1.54) is 11.0 Å². The molecule has 1 unspecified atom stereocenters. The number of hydrogen-bond acceptors (Lipinski definition) is 4. The summed E-state index contributed by atoms with van der Waals surface area (Å²) in [7, 11) is 0. The lowest BCUT2D eigenvalue weighted by Crippen LogP contribution is -2.11. The molecule has 72 valence electrons. The smallest absolute Gasteiger partial charge is 0.390 e. The summed E-state index contributed by atoms with van der Waals surface area (Å²) in [6, 6.07) is 0. The van der Waals surface area contributed by atoms with Crippen molar-refractivity contribution in [3.8, 4) is 0 Å². The zero-order chi connectivity index (χ0) is 9.84. The molecule has 13 heavy (non-hydrogen) atoms. The summed E-state index contributed by atoms with van der Waals surface area (Å²) in [6.45, 7) is 0.548. The van der Waals surface area contributed by atoms with E-state index in [0.717, 1.165) is 5.33 Å². The maximum Gasteiger partial charge on any atom is 0.490 e. The Hall–Kier alpha value is -0.500. The van der Waals surface area contributed by atoms with E-state index in [1.54, 1.807) is 0 Å². The molecular weight excluding hydrogens is 308 g/mol. The third-order valence-electron chi connectivity index (χ3n) is 1.24. The molecule has 0 spiro atoms. The lowest BCUT2D eigenvalue weighted by Gasteiger charge is -2.00. The van der Waals surface area contributed by atoms with Crippen molar-refractivity contribution >= 4 is 37.8 Å².